The number of hydrogen-bond donors (Lipinski definition) is 2. The van der Waals surface area contributed by atoms with Crippen molar-refractivity contribution >= 4 is 17.3 Å². The van der Waals surface area contributed by atoms with Crippen LogP contribution in [-0.4, -0.2) is 18.2 Å². The minimum Gasteiger partial charge on any atom is -0.376 e. The molecule has 2 aromatic rings. The van der Waals surface area contributed by atoms with E-state index < -0.39 is 0 Å². The average molecular weight is 307 g/mol. The van der Waals surface area contributed by atoms with E-state index >= 15 is 0 Å². The fraction of sp³-hybridized carbons (Fsp3) is 0.263. The van der Waals surface area contributed by atoms with E-state index in [1.807, 2.05) is 43.3 Å². The van der Waals surface area contributed by atoms with Crippen LogP contribution in [0.25, 0.3) is 0 Å². The summed E-state index contributed by atoms with van der Waals surface area (Å²) in [6.07, 6.45) is 3.06. The molecule has 2 aromatic carbocycles. The fourth-order valence-electron chi connectivity index (χ4n) is 2.83. The lowest BCUT2D eigenvalue weighted by atomic mass is 9.90. The molecule has 0 heterocycles. The molecular weight excluding hydrogens is 286 g/mol. The van der Waals surface area contributed by atoms with Gasteiger partial charge in [0.05, 0.1) is 12.3 Å². The van der Waals surface area contributed by atoms with E-state index in [0.29, 0.717) is 0 Å². The van der Waals surface area contributed by atoms with E-state index in [2.05, 4.69) is 28.0 Å². The number of nitrogens with zero attached hydrogens (tertiary/aromatic N) is 1. The van der Waals surface area contributed by atoms with E-state index in [-0.39, 0.29) is 12.5 Å². The number of carbonyl (C=O) groups is 1. The Kier molecular flexibility index (Phi) is 4.71. The number of benzene rings is 2. The molecule has 0 aromatic heterocycles. The standard InChI is InChI=1S/C19H21N3O/c1-14-7-2-5-11-17(14)20-13-19(23)22-21-18-12-6-9-15-8-3-4-10-16(15)18/h2-5,7-8,10-11,20H,6,9,12-13H2,1H3,(H,22,23)/b21-18-. The first kappa shape index (κ1) is 15.3. The van der Waals surface area contributed by atoms with Crippen LogP contribution in [0.1, 0.15) is 29.5 Å². The van der Waals surface area contributed by atoms with Crippen molar-refractivity contribution in [2.24, 2.45) is 5.10 Å². The Hall–Kier alpha value is -2.62. The lowest BCUT2D eigenvalue weighted by molar-refractivity contribution is -0.119. The lowest BCUT2D eigenvalue weighted by Gasteiger charge is -2.17. The van der Waals surface area contributed by atoms with Crippen molar-refractivity contribution in [3.05, 3.63) is 65.2 Å². The van der Waals surface area contributed by atoms with Gasteiger partial charge in [0.1, 0.15) is 0 Å². The number of carbonyl (C=O) groups excluding carboxylic acids is 1. The van der Waals surface area contributed by atoms with Crippen molar-refractivity contribution < 1.29 is 4.79 Å². The van der Waals surface area contributed by atoms with Gasteiger partial charge in [0.25, 0.3) is 5.91 Å². The maximum absolute atomic E-state index is 12.0. The number of anilines is 1. The number of rotatable bonds is 4. The van der Waals surface area contributed by atoms with Gasteiger partial charge >= 0.3 is 0 Å². The Morgan fingerprint density at radius 3 is 2.74 bits per heavy atom. The number of hydrogen-bond acceptors (Lipinski definition) is 3. The molecule has 4 nitrogen and oxygen atoms in total. The van der Waals surface area contributed by atoms with Crippen molar-refractivity contribution in [2.45, 2.75) is 26.2 Å². The van der Waals surface area contributed by atoms with Crippen LogP contribution < -0.4 is 10.7 Å². The summed E-state index contributed by atoms with van der Waals surface area (Å²) in [7, 11) is 0. The third-order valence-electron chi connectivity index (χ3n) is 4.09. The molecule has 0 saturated heterocycles. The molecule has 23 heavy (non-hydrogen) atoms. The summed E-state index contributed by atoms with van der Waals surface area (Å²) in [5.41, 5.74) is 8.20. The number of fused-ring (bicyclic) bond motifs is 1. The smallest absolute Gasteiger partial charge is 0.259 e. The first-order valence-corrected chi connectivity index (χ1v) is 7.97. The molecule has 0 atom stereocenters. The van der Waals surface area contributed by atoms with Crippen LogP contribution in [0.15, 0.2) is 53.6 Å². The minimum absolute atomic E-state index is 0.135. The summed E-state index contributed by atoms with van der Waals surface area (Å²) in [6.45, 7) is 2.22. The van der Waals surface area contributed by atoms with Crippen LogP contribution in [0.2, 0.25) is 0 Å². The highest BCUT2D eigenvalue weighted by molar-refractivity contribution is 6.03. The third-order valence-corrected chi connectivity index (χ3v) is 4.09. The van der Waals surface area contributed by atoms with E-state index in [0.717, 1.165) is 41.8 Å². The van der Waals surface area contributed by atoms with Gasteiger partial charge in [-0.25, -0.2) is 5.43 Å². The Morgan fingerprint density at radius 1 is 1.09 bits per heavy atom. The van der Waals surface area contributed by atoms with Crippen LogP contribution >= 0.6 is 0 Å². The second-order valence-corrected chi connectivity index (χ2v) is 5.77. The largest absolute Gasteiger partial charge is 0.376 e. The monoisotopic (exact) mass is 307 g/mol. The normalized spacial score (nSPS) is 15.1. The van der Waals surface area contributed by atoms with Crippen LogP contribution in [0.5, 0.6) is 0 Å². The Balaban J connectivity index is 1.60. The zero-order valence-electron chi connectivity index (χ0n) is 13.3. The van der Waals surface area contributed by atoms with Crippen molar-refractivity contribution in [3.8, 4) is 0 Å². The SMILES string of the molecule is Cc1ccccc1NCC(=O)N/N=C1/CCCc2ccccc21. The molecule has 4 heteroatoms. The second-order valence-electron chi connectivity index (χ2n) is 5.77. The molecule has 2 N–H and O–H groups in total. The molecule has 1 aliphatic carbocycles. The first-order chi connectivity index (χ1) is 11.2. The van der Waals surface area contributed by atoms with Gasteiger partial charge in [-0.15, -0.1) is 0 Å². The van der Waals surface area contributed by atoms with Crippen LogP contribution in [-0.2, 0) is 11.2 Å². The molecule has 3 rings (SSSR count). The van der Waals surface area contributed by atoms with Gasteiger partial charge in [-0.1, -0.05) is 42.5 Å². The number of hydrazone groups is 1. The third kappa shape index (κ3) is 3.77. The van der Waals surface area contributed by atoms with E-state index in [9.17, 15) is 4.79 Å². The molecular formula is C19H21N3O. The maximum atomic E-state index is 12.0. The molecule has 0 radical (unpaired) electrons. The predicted molar refractivity (Wildman–Crippen MR) is 93.7 cm³/mol. The first-order valence-electron chi connectivity index (χ1n) is 7.97. The highest BCUT2D eigenvalue weighted by Crippen LogP contribution is 2.21. The predicted octanol–water partition coefficient (Wildman–Crippen LogP) is 3.26. The van der Waals surface area contributed by atoms with Gasteiger partial charge in [0.15, 0.2) is 0 Å². The summed E-state index contributed by atoms with van der Waals surface area (Å²) < 4.78 is 0. The zero-order valence-corrected chi connectivity index (χ0v) is 13.3. The Bertz CT molecular complexity index is 737. The highest BCUT2D eigenvalue weighted by atomic mass is 16.2. The van der Waals surface area contributed by atoms with E-state index in [1.165, 1.54) is 5.56 Å². The number of aryl methyl sites for hydroxylation is 2. The maximum Gasteiger partial charge on any atom is 0.259 e. The van der Waals surface area contributed by atoms with Gasteiger partial charge < -0.3 is 5.32 Å². The van der Waals surface area contributed by atoms with Crippen LogP contribution in [0.4, 0.5) is 5.69 Å². The molecule has 0 saturated carbocycles. The summed E-state index contributed by atoms with van der Waals surface area (Å²) in [6, 6.07) is 16.2. The van der Waals surface area contributed by atoms with E-state index in [4.69, 9.17) is 0 Å². The van der Waals surface area contributed by atoms with E-state index in [1.54, 1.807) is 0 Å². The molecule has 118 valence electrons. The quantitative estimate of drug-likeness (QED) is 0.852. The number of para-hydroxylation sites is 1. The molecule has 0 spiro atoms. The summed E-state index contributed by atoms with van der Waals surface area (Å²) >= 11 is 0. The van der Waals surface area contributed by atoms with Gasteiger partial charge in [-0.3, -0.25) is 4.79 Å². The molecule has 1 aliphatic rings. The van der Waals surface area contributed by atoms with Crippen LogP contribution in [0, 0.1) is 6.92 Å². The summed E-state index contributed by atoms with van der Waals surface area (Å²) in [5, 5.41) is 7.47. The Morgan fingerprint density at radius 2 is 1.87 bits per heavy atom. The number of nitrogens with one attached hydrogen (secondary N) is 2. The van der Waals surface area contributed by atoms with Crippen molar-refractivity contribution in [1.29, 1.82) is 0 Å². The lowest BCUT2D eigenvalue weighted by Crippen LogP contribution is -2.28. The van der Waals surface area contributed by atoms with Crippen molar-refractivity contribution in [1.82, 2.24) is 5.43 Å². The van der Waals surface area contributed by atoms with Crippen LogP contribution in [0.3, 0.4) is 0 Å². The van der Waals surface area contributed by atoms with Gasteiger partial charge in [-0.05, 0) is 43.4 Å². The average Bonchev–Trinajstić information content (AvgIpc) is 2.59. The minimum atomic E-state index is -0.135. The zero-order chi connectivity index (χ0) is 16.1. The Labute approximate surface area is 136 Å². The summed E-state index contributed by atoms with van der Waals surface area (Å²) in [5.74, 6) is -0.135. The number of amides is 1. The van der Waals surface area contributed by atoms with Gasteiger partial charge in [-0.2, -0.15) is 5.10 Å². The molecule has 0 aliphatic heterocycles. The van der Waals surface area contributed by atoms with Gasteiger partial charge in [0.2, 0.25) is 0 Å². The second kappa shape index (κ2) is 7.09. The van der Waals surface area contributed by atoms with Crippen molar-refractivity contribution in [3.63, 3.8) is 0 Å². The summed E-state index contributed by atoms with van der Waals surface area (Å²) in [4.78, 5) is 12.0. The topological polar surface area (TPSA) is 53.5 Å². The molecule has 1 amide bonds. The highest BCUT2D eigenvalue weighted by Gasteiger charge is 2.15. The molecule has 0 fully saturated rings. The van der Waals surface area contributed by atoms with Crippen molar-refractivity contribution in [2.75, 3.05) is 11.9 Å². The molecule has 0 unspecified atom stereocenters. The molecule has 0 bridgehead atoms. The fourth-order valence-corrected chi connectivity index (χ4v) is 2.83. The van der Waals surface area contributed by atoms with Gasteiger partial charge in [0, 0.05) is 11.3 Å².